The molecule has 0 spiro atoms. The first-order valence-electron chi connectivity index (χ1n) is 7.99. The minimum absolute atomic E-state index is 0. The van der Waals surface area contributed by atoms with Crippen molar-refractivity contribution < 1.29 is 43.2 Å². The first kappa shape index (κ1) is 23.5. The Morgan fingerprint density at radius 3 is 2.21 bits per heavy atom. The number of benzene rings is 2. The predicted molar refractivity (Wildman–Crippen MR) is 98.1 cm³/mol. The number of carbonyl (C=O) groups excluding carboxylic acids is 1. The second-order valence-electron chi connectivity index (χ2n) is 5.80. The van der Waals surface area contributed by atoms with Crippen LogP contribution in [0.2, 0.25) is 0 Å². The first-order chi connectivity index (χ1) is 12.7. The van der Waals surface area contributed by atoms with Crippen LogP contribution < -0.4 is 0 Å². The fourth-order valence-electron chi connectivity index (χ4n) is 2.29. The Morgan fingerprint density at radius 2 is 1.75 bits per heavy atom. The van der Waals surface area contributed by atoms with Gasteiger partial charge in [0.1, 0.15) is 0 Å². The van der Waals surface area contributed by atoms with Crippen molar-refractivity contribution in [3.05, 3.63) is 78.2 Å². The van der Waals surface area contributed by atoms with Crippen LogP contribution in [0.25, 0.3) is 22.0 Å². The van der Waals surface area contributed by atoms with Crippen molar-refractivity contribution in [1.29, 1.82) is 0 Å². The molecule has 28 heavy (non-hydrogen) atoms. The molecular weight excluding hydrogens is 547 g/mol. The molecule has 0 aliphatic carbocycles. The minimum atomic E-state index is -4.34. The summed E-state index contributed by atoms with van der Waals surface area (Å²) >= 11 is 0. The molecule has 1 aromatic heterocycles. The van der Waals surface area contributed by atoms with Gasteiger partial charge in [-0.25, -0.2) is 0 Å². The summed E-state index contributed by atoms with van der Waals surface area (Å²) in [4.78, 5) is 14.3. The Labute approximate surface area is 174 Å². The van der Waals surface area contributed by atoms with E-state index in [1.165, 1.54) is 26.0 Å². The topological polar surface area (TPSA) is 50.2 Å². The van der Waals surface area contributed by atoms with Crippen LogP contribution in [0.15, 0.2) is 66.6 Å². The average Bonchev–Trinajstić information content (AvgIpc) is 2.60. The molecule has 2 aromatic carbocycles. The van der Waals surface area contributed by atoms with E-state index in [-0.39, 0.29) is 31.6 Å². The van der Waals surface area contributed by atoms with Crippen LogP contribution in [0.3, 0.4) is 0 Å². The molecule has 0 aliphatic heterocycles. The Bertz CT molecular complexity index is 963. The number of nitrogens with zero attached hydrogens (tertiary/aromatic N) is 1. The number of alkyl halides is 3. The summed E-state index contributed by atoms with van der Waals surface area (Å²) < 4.78 is 37.5. The van der Waals surface area contributed by atoms with Crippen molar-refractivity contribution in [2.75, 3.05) is 0 Å². The molecule has 3 aromatic rings. The summed E-state index contributed by atoms with van der Waals surface area (Å²) in [5.74, 6) is -0.0625. The second kappa shape index (κ2) is 10.2. The van der Waals surface area contributed by atoms with Gasteiger partial charge in [0.05, 0.1) is 5.76 Å². The number of aliphatic hydroxyl groups is 1. The zero-order valence-corrected chi connectivity index (χ0v) is 17.4. The number of aromatic nitrogens is 1. The quantitative estimate of drug-likeness (QED) is 0.245. The Balaban J connectivity index is 0.000000425. The fourth-order valence-corrected chi connectivity index (χ4v) is 2.29. The maximum atomic E-state index is 12.5. The predicted octanol–water partition coefficient (Wildman–Crippen LogP) is 5.76. The van der Waals surface area contributed by atoms with Crippen LogP contribution in [0.1, 0.15) is 19.4 Å². The standard InChI is InChI=1S/C16H9F3N.C5H8O2.Ir/c17-16(18,19)14-7-5-11(6-8-14)15-9-12-3-1-2-4-13(12)10-20-15;1-4(6)3-5(2)7;/h1-5,7-10H;3,6H,1-2H3;/q-1;;/b;4-3-;. The van der Waals surface area contributed by atoms with E-state index in [2.05, 4.69) is 11.1 Å². The number of hydrogen-bond donors (Lipinski definition) is 1. The number of pyridine rings is 1. The fraction of sp³-hybridized carbons (Fsp3) is 0.143. The maximum Gasteiger partial charge on any atom is 0.381 e. The molecule has 1 N–H and O–H groups in total. The van der Waals surface area contributed by atoms with Gasteiger partial charge in [0, 0.05) is 32.4 Å². The van der Waals surface area contributed by atoms with Gasteiger partial charge in [0.25, 0.3) is 0 Å². The third kappa shape index (κ3) is 6.91. The van der Waals surface area contributed by atoms with Gasteiger partial charge >= 0.3 is 6.18 Å². The van der Waals surface area contributed by atoms with Gasteiger partial charge in [-0.2, -0.15) is 13.2 Å². The van der Waals surface area contributed by atoms with E-state index in [0.717, 1.165) is 22.9 Å². The van der Waals surface area contributed by atoms with Crippen molar-refractivity contribution in [2.45, 2.75) is 20.0 Å². The molecule has 3 rings (SSSR count). The molecule has 1 heterocycles. The summed E-state index contributed by atoms with van der Waals surface area (Å²) in [6.07, 6.45) is -1.47. The zero-order chi connectivity index (χ0) is 20.0. The zero-order valence-electron chi connectivity index (χ0n) is 15.0. The number of ketones is 1. The molecule has 149 valence electrons. The molecule has 0 unspecified atom stereocenters. The van der Waals surface area contributed by atoms with Crippen LogP contribution in [0.4, 0.5) is 13.2 Å². The molecule has 1 radical (unpaired) electrons. The number of carbonyl (C=O) groups is 1. The third-order valence-electron chi connectivity index (χ3n) is 3.46. The van der Waals surface area contributed by atoms with Gasteiger partial charge in [0.15, 0.2) is 5.78 Å². The Kier molecular flexibility index (Phi) is 8.54. The summed E-state index contributed by atoms with van der Waals surface area (Å²) in [5, 5.41) is 10.3. The number of rotatable bonds is 2. The summed E-state index contributed by atoms with van der Waals surface area (Å²) in [5.41, 5.74) is 0.447. The normalized spacial score (nSPS) is 11.2. The van der Waals surface area contributed by atoms with Gasteiger partial charge in [-0.05, 0) is 35.9 Å². The molecular formula is C21H17F3IrNO2-. The molecule has 0 bridgehead atoms. The van der Waals surface area contributed by atoms with E-state index in [0.29, 0.717) is 11.3 Å². The molecule has 0 amide bonds. The molecule has 0 saturated heterocycles. The number of allylic oxidation sites excluding steroid dienone is 2. The van der Waals surface area contributed by atoms with Crippen LogP contribution in [-0.4, -0.2) is 15.9 Å². The molecule has 0 atom stereocenters. The summed E-state index contributed by atoms with van der Waals surface area (Å²) in [7, 11) is 0. The Hall–Kier alpha value is -2.50. The Morgan fingerprint density at radius 1 is 1.11 bits per heavy atom. The summed E-state index contributed by atoms with van der Waals surface area (Å²) in [6.45, 7) is 2.85. The van der Waals surface area contributed by atoms with Crippen LogP contribution >= 0.6 is 0 Å². The third-order valence-corrected chi connectivity index (χ3v) is 3.46. The number of aliphatic hydroxyl groups excluding tert-OH is 1. The number of hydrogen-bond acceptors (Lipinski definition) is 3. The van der Waals surface area contributed by atoms with Crippen molar-refractivity contribution in [1.82, 2.24) is 4.98 Å². The molecule has 7 heteroatoms. The SMILES string of the molecule is CC(=O)/C=C(/C)O.FC(F)(F)c1c[c-]c(-c2cc3ccccc3cn2)cc1.[Ir]. The van der Waals surface area contributed by atoms with E-state index in [1.807, 2.05) is 30.3 Å². The van der Waals surface area contributed by atoms with Crippen molar-refractivity contribution in [3.63, 3.8) is 0 Å². The van der Waals surface area contributed by atoms with Gasteiger partial charge < -0.3 is 10.1 Å². The second-order valence-corrected chi connectivity index (χ2v) is 5.80. The van der Waals surface area contributed by atoms with Gasteiger partial charge in [0.2, 0.25) is 0 Å². The van der Waals surface area contributed by atoms with E-state index < -0.39 is 11.7 Å². The maximum absolute atomic E-state index is 12.5. The minimum Gasteiger partial charge on any atom is -0.512 e. The van der Waals surface area contributed by atoms with Crippen molar-refractivity contribution >= 4 is 16.6 Å². The van der Waals surface area contributed by atoms with E-state index in [4.69, 9.17) is 5.11 Å². The number of fused-ring (bicyclic) bond motifs is 1. The van der Waals surface area contributed by atoms with Crippen molar-refractivity contribution in [2.24, 2.45) is 0 Å². The monoisotopic (exact) mass is 565 g/mol. The van der Waals surface area contributed by atoms with E-state index in [9.17, 15) is 18.0 Å². The smallest absolute Gasteiger partial charge is 0.381 e. The molecule has 0 saturated carbocycles. The van der Waals surface area contributed by atoms with Crippen LogP contribution in [0, 0.1) is 6.07 Å². The first-order valence-corrected chi connectivity index (χ1v) is 7.99. The van der Waals surface area contributed by atoms with E-state index >= 15 is 0 Å². The largest absolute Gasteiger partial charge is 0.512 e. The van der Waals surface area contributed by atoms with E-state index in [1.54, 1.807) is 6.20 Å². The van der Waals surface area contributed by atoms with Crippen molar-refractivity contribution in [3.8, 4) is 11.3 Å². The molecule has 0 fully saturated rings. The van der Waals surface area contributed by atoms with Gasteiger partial charge in [-0.1, -0.05) is 30.3 Å². The van der Waals surface area contributed by atoms with Gasteiger partial charge in [-0.3, -0.25) is 4.79 Å². The average molecular weight is 565 g/mol. The molecule has 0 aliphatic rings. The van der Waals surface area contributed by atoms with Crippen LogP contribution in [-0.2, 0) is 31.1 Å². The number of halogens is 3. The van der Waals surface area contributed by atoms with Crippen LogP contribution in [0.5, 0.6) is 0 Å². The molecule has 3 nitrogen and oxygen atoms in total. The summed E-state index contributed by atoms with van der Waals surface area (Å²) in [6, 6.07) is 15.6. The van der Waals surface area contributed by atoms with Gasteiger partial charge in [-0.15, -0.1) is 29.8 Å².